The number of hydrogen-bond acceptors (Lipinski definition) is 3. The van der Waals surface area contributed by atoms with E-state index < -0.39 is 28.2 Å². The Hall–Kier alpha value is -2.05. The topological polar surface area (TPSA) is 63.2 Å². The fraction of sp³-hybridized carbons (Fsp3) is 0.133. The van der Waals surface area contributed by atoms with Crippen LogP contribution in [0.5, 0.6) is 0 Å². The largest absolute Gasteiger partial charge is 0.293 e. The fourth-order valence-electron chi connectivity index (χ4n) is 1.80. The molecule has 21 heavy (non-hydrogen) atoms. The number of benzene rings is 2. The van der Waals surface area contributed by atoms with Crippen LogP contribution in [0.25, 0.3) is 0 Å². The van der Waals surface area contributed by atoms with E-state index in [4.69, 9.17) is 0 Å². The van der Waals surface area contributed by atoms with Crippen molar-refractivity contribution in [2.45, 2.75) is 11.8 Å². The van der Waals surface area contributed by atoms with Gasteiger partial charge in [0.05, 0.1) is 17.0 Å². The highest BCUT2D eigenvalue weighted by atomic mass is 32.2. The van der Waals surface area contributed by atoms with Gasteiger partial charge in [0.15, 0.2) is 5.78 Å². The minimum absolute atomic E-state index is 0.0579. The molecule has 0 aliphatic heterocycles. The monoisotopic (exact) mass is 307 g/mol. The smallest absolute Gasteiger partial charge is 0.240 e. The standard InChI is InChI=1S/C15H14FNO3S/c1-11-6-5-9-13(15(11)16)14(18)10-17-21(19,20)12-7-3-2-4-8-12/h2-9,17H,10H2,1H3. The summed E-state index contributed by atoms with van der Waals surface area (Å²) in [5, 5.41) is 0. The molecule has 0 amide bonds. The van der Waals surface area contributed by atoms with Crippen LogP contribution < -0.4 is 4.72 Å². The molecule has 0 unspecified atom stereocenters. The lowest BCUT2D eigenvalue weighted by molar-refractivity contribution is 0.0993. The summed E-state index contributed by atoms with van der Waals surface area (Å²) in [6.45, 7) is 1.05. The van der Waals surface area contributed by atoms with Gasteiger partial charge in [-0.15, -0.1) is 0 Å². The van der Waals surface area contributed by atoms with Crippen LogP contribution in [0, 0.1) is 12.7 Å². The number of rotatable bonds is 5. The third kappa shape index (κ3) is 3.53. The van der Waals surface area contributed by atoms with E-state index in [-0.39, 0.29) is 10.5 Å². The maximum Gasteiger partial charge on any atom is 0.240 e. The van der Waals surface area contributed by atoms with Crippen LogP contribution in [0.4, 0.5) is 4.39 Å². The van der Waals surface area contributed by atoms with Gasteiger partial charge in [0, 0.05) is 0 Å². The van der Waals surface area contributed by atoms with Gasteiger partial charge in [-0.2, -0.15) is 0 Å². The molecule has 0 bridgehead atoms. The molecule has 2 aromatic carbocycles. The molecule has 0 atom stereocenters. The van der Waals surface area contributed by atoms with Gasteiger partial charge < -0.3 is 0 Å². The summed E-state index contributed by atoms with van der Waals surface area (Å²) in [5.74, 6) is -1.24. The predicted octanol–water partition coefficient (Wildman–Crippen LogP) is 2.30. The van der Waals surface area contributed by atoms with Gasteiger partial charge in [0.1, 0.15) is 5.82 Å². The Labute approximate surface area is 122 Å². The summed E-state index contributed by atoms with van der Waals surface area (Å²) < 4.78 is 39.9. The summed E-state index contributed by atoms with van der Waals surface area (Å²) in [6.07, 6.45) is 0. The molecule has 2 aromatic rings. The molecule has 0 spiro atoms. The van der Waals surface area contributed by atoms with Crippen molar-refractivity contribution in [3.63, 3.8) is 0 Å². The number of carbonyl (C=O) groups is 1. The molecule has 1 N–H and O–H groups in total. The van der Waals surface area contributed by atoms with Crippen LogP contribution in [-0.4, -0.2) is 20.7 Å². The molecular formula is C15H14FNO3S. The van der Waals surface area contributed by atoms with Gasteiger partial charge in [-0.3, -0.25) is 4.79 Å². The molecule has 110 valence electrons. The minimum Gasteiger partial charge on any atom is -0.293 e. The first-order chi connectivity index (χ1) is 9.92. The van der Waals surface area contributed by atoms with Crippen molar-refractivity contribution in [3.8, 4) is 0 Å². The van der Waals surface area contributed by atoms with Gasteiger partial charge in [-0.25, -0.2) is 17.5 Å². The molecule has 2 rings (SSSR count). The first-order valence-electron chi connectivity index (χ1n) is 6.25. The van der Waals surface area contributed by atoms with Crippen molar-refractivity contribution in [1.82, 2.24) is 4.72 Å². The minimum atomic E-state index is -3.78. The summed E-state index contributed by atoms with van der Waals surface area (Å²) in [7, 11) is -3.78. The molecular weight excluding hydrogens is 293 g/mol. The maximum absolute atomic E-state index is 13.8. The Morgan fingerprint density at radius 1 is 1.10 bits per heavy atom. The van der Waals surface area contributed by atoms with Crippen molar-refractivity contribution in [2.24, 2.45) is 0 Å². The SMILES string of the molecule is Cc1cccc(C(=O)CNS(=O)(=O)c2ccccc2)c1F. The van der Waals surface area contributed by atoms with Crippen molar-refractivity contribution in [1.29, 1.82) is 0 Å². The van der Waals surface area contributed by atoms with Gasteiger partial charge >= 0.3 is 0 Å². The molecule has 0 aliphatic rings. The normalized spacial score (nSPS) is 11.3. The third-order valence-corrected chi connectivity index (χ3v) is 4.39. The van der Waals surface area contributed by atoms with Crippen molar-refractivity contribution >= 4 is 15.8 Å². The Balaban J connectivity index is 2.13. The lowest BCUT2D eigenvalue weighted by Gasteiger charge is -2.07. The van der Waals surface area contributed by atoms with Crippen molar-refractivity contribution < 1.29 is 17.6 Å². The third-order valence-electron chi connectivity index (χ3n) is 2.97. The molecule has 0 radical (unpaired) electrons. The summed E-state index contributed by atoms with van der Waals surface area (Å²) >= 11 is 0. The maximum atomic E-state index is 13.8. The lowest BCUT2D eigenvalue weighted by Crippen LogP contribution is -2.30. The average Bonchev–Trinajstić information content (AvgIpc) is 2.49. The summed E-state index contributed by atoms with van der Waals surface area (Å²) in [5.41, 5.74) is 0.220. The first kappa shape index (κ1) is 15.3. The molecule has 0 saturated heterocycles. The number of sulfonamides is 1. The van der Waals surface area contributed by atoms with Crippen LogP contribution in [-0.2, 0) is 10.0 Å². The lowest BCUT2D eigenvalue weighted by atomic mass is 10.1. The van der Waals surface area contributed by atoms with Gasteiger partial charge in [0.2, 0.25) is 10.0 Å². The van der Waals surface area contributed by atoms with E-state index in [0.29, 0.717) is 5.56 Å². The second-order valence-electron chi connectivity index (χ2n) is 4.50. The highest BCUT2D eigenvalue weighted by molar-refractivity contribution is 7.89. The first-order valence-corrected chi connectivity index (χ1v) is 7.73. The highest BCUT2D eigenvalue weighted by Crippen LogP contribution is 2.13. The second-order valence-corrected chi connectivity index (χ2v) is 6.26. The zero-order valence-corrected chi connectivity index (χ0v) is 12.2. The Kier molecular flexibility index (Phi) is 4.50. The zero-order chi connectivity index (χ0) is 15.5. The second kappa shape index (κ2) is 6.15. The van der Waals surface area contributed by atoms with E-state index in [0.717, 1.165) is 0 Å². The number of halogens is 1. The summed E-state index contributed by atoms with van der Waals surface area (Å²) in [4.78, 5) is 12.0. The van der Waals surface area contributed by atoms with E-state index in [1.807, 2.05) is 0 Å². The average molecular weight is 307 g/mol. The fourth-order valence-corrected chi connectivity index (χ4v) is 2.80. The van der Waals surface area contributed by atoms with Crippen molar-refractivity contribution in [3.05, 3.63) is 65.5 Å². The Bertz CT molecular complexity index is 758. The van der Waals surface area contributed by atoms with Gasteiger partial charge in [-0.05, 0) is 30.7 Å². The van der Waals surface area contributed by atoms with Crippen LogP contribution in [0.3, 0.4) is 0 Å². The van der Waals surface area contributed by atoms with Gasteiger partial charge in [-0.1, -0.05) is 30.3 Å². The van der Waals surface area contributed by atoms with Gasteiger partial charge in [0.25, 0.3) is 0 Å². The van der Waals surface area contributed by atoms with Crippen LogP contribution in [0.1, 0.15) is 15.9 Å². The molecule has 0 saturated carbocycles. The van der Waals surface area contributed by atoms with E-state index in [2.05, 4.69) is 4.72 Å². The number of aryl methyl sites for hydroxylation is 1. The van der Waals surface area contributed by atoms with Crippen LogP contribution in [0.15, 0.2) is 53.4 Å². The Morgan fingerprint density at radius 3 is 2.43 bits per heavy atom. The molecule has 0 aliphatic carbocycles. The highest BCUT2D eigenvalue weighted by Gasteiger charge is 2.18. The number of Topliss-reactive ketones (excluding diaryl/α,β-unsaturated/α-hetero) is 1. The van der Waals surface area contributed by atoms with Crippen LogP contribution >= 0.6 is 0 Å². The predicted molar refractivity (Wildman–Crippen MR) is 77.1 cm³/mol. The molecule has 0 aromatic heterocycles. The van der Waals surface area contributed by atoms with E-state index in [9.17, 15) is 17.6 Å². The zero-order valence-electron chi connectivity index (χ0n) is 11.3. The van der Waals surface area contributed by atoms with E-state index >= 15 is 0 Å². The number of hydrogen-bond donors (Lipinski definition) is 1. The van der Waals surface area contributed by atoms with E-state index in [1.165, 1.54) is 18.2 Å². The number of ketones is 1. The van der Waals surface area contributed by atoms with E-state index in [1.54, 1.807) is 37.3 Å². The Morgan fingerprint density at radius 2 is 1.76 bits per heavy atom. The molecule has 6 heteroatoms. The quantitative estimate of drug-likeness (QED) is 0.862. The summed E-state index contributed by atoms with van der Waals surface area (Å²) in [6, 6.07) is 12.1. The number of nitrogens with one attached hydrogen (secondary N) is 1. The molecule has 4 nitrogen and oxygen atoms in total. The van der Waals surface area contributed by atoms with Crippen LogP contribution in [0.2, 0.25) is 0 Å². The van der Waals surface area contributed by atoms with Crippen molar-refractivity contribution in [2.75, 3.05) is 6.54 Å². The molecule has 0 heterocycles. The molecule has 0 fully saturated rings. The number of carbonyl (C=O) groups excluding carboxylic acids is 1.